The van der Waals surface area contributed by atoms with E-state index in [0.717, 1.165) is 26.1 Å². The zero-order valence-corrected chi connectivity index (χ0v) is 8.29. The Bertz CT molecular complexity index is 218. The molecule has 0 bridgehead atoms. The predicted molar refractivity (Wildman–Crippen MR) is 52.5 cm³/mol. The van der Waals surface area contributed by atoms with Crippen molar-refractivity contribution in [3.8, 4) is 0 Å². The molecule has 1 aliphatic rings. The highest BCUT2D eigenvalue weighted by molar-refractivity contribution is 5.78. The molecular formula is C9H17N3O2. The summed E-state index contributed by atoms with van der Waals surface area (Å²) in [6.45, 7) is 2.93. The highest BCUT2D eigenvalue weighted by Crippen LogP contribution is 2.07. The van der Waals surface area contributed by atoms with Crippen LogP contribution in [-0.2, 0) is 9.59 Å². The van der Waals surface area contributed by atoms with Gasteiger partial charge in [-0.25, -0.2) is 0 Å². The van der Waals surface area contributed by atoms with E-state index in [4.69, 9.17) is 5.73 Å². The van der Waals surface area contributed by atoms with Crippen molar-refractivity contribution < 1.29 is 9.59 Å². The van der Waals surface area contributed by atoms with E-state index in [1.807, 2.05) is 4.90 Å². The molecule has 0 unspecified atom stereocenters. The first-order valence-corrected chi connectivity index (χ1v) is 4.97. The smallest absolute Gasteiger partial charge is 0.222 e. The summed E-state index contributed by atoms with van der Waals surface area (Å²) in [5.41, 5.74) is 4.98. The van der Waals surface area contributed by atoms with Crippen molar-refractivity contribution in [1.82, 2.24) is 10.2 Å². The monoisotopic (exact) mass is 199 g/mol. The molecule has 0 atom stereocenters. The third-order valence-corrected chi connectivity index (χ3v) is 2.28. The fourth-order valence-corrected chi connectivity index (χ4v) is 1.49. The Kier molecular flexibility index (Phi) is 4.39. The largest absolute Gasteiger partial charge is 0.370 e. The Balaban J connectivity index is 1.98. The lowest BCUT2D eigenvalue weighted by Crippen LogP contribution is -2.34. The fraction of sp³-hybridized carbons (Fsp3) is 0.778. The quantitative estimate of drug-likeness (QED) is 0.543. The molecule has 5 nitrogen and oxygen atoms in total. The summed E-state index contributed by atoms with van der Waals surface area (Å²) in [4.78, 5) is 23.4. The predicted octanol–water partition coefficient (Wildman–Crippen LogP) is -0.926. The molecule has 1 saturated heterocycles. The number of amides is 2. The van der Waals surface area contributed by atoms with E-state index in [1.165, 1.54) is 0 Å². The van der Waals surface area contributed by atoms with Crippen LogP contribution in [0.4, 0.5) is 0 Å². The number of hydrogen-bond donors (Lipinski definition) is 2. The molecule has 0 radical (unpaired) electrons. The van der Waals surface area contributed by atoms with Gasteiger partial charge in [-0.05, 0) is 6.42 Å². The van der Waals surface area contributed by atoms with Gasteiger partial charge in [0, 0.05) is 39.0 Å². The van der Waals surface area contributed by atoms with E-state index in [1.54, 1.807) is 0 Å². The third kappa shape index (κ3) is 3.74. The van der Waals surface area contributed by atoms with Gasteiger partial charge in [0.25, 0.3) is 0 Å². The first kappa shape index (κ1) is 11.0. The third-order valence-electron chi connectivity index (χ3n) is 2.28. The van der Waals surface area contributed by atoms with Gasteiger partial charge in [0.15, 0.2) is 0 Å². The van der Waals surface area contributed by atoms with Gasteiger partial charge < -0.3 is 16.0 Å². The second-order valence-electron chi connectivity index (χ2n) is 3.45. The van der Waals surface area contributed by atoms with Gasteiger partial charge in [-0.3, -0.25) is 9.59 Å². The van der Waals surface area contributed by atoms with Crippen molar-refractivity contribution in [2.24, 2.45) is 5.73 Å². The number of nitrogens with zero attached hydrogens (tertiary/aromatic N) is 1. The summed E-state index contributed by atoms with van der Waals surface area (Å²) in [6.07, 6.45) is 2.01. The van der Waals surface area contributed by atoms with Crippen molar-refractivity contribution in [2.75, 3.05) is 26.2 Å². The average Bonchev–Trinajstić information content (AvgIpc) is 2.51. The van der Waals surface area contributed by atoms with Crippen LogP contribution in [0.2, 0.25) is 0 Å². The van der Waals surface area contributed by atoms with Gasteiger partial charge >= 0.3 is 0 Å². The molecule has 3 N–H and O–H groups in total. The van der Waals surface area contributed by atoms with E-state index in [0.29, 0.717) is 19.4 Å². The molecule has 1 fully saturated rings. The van der Waals surface area contributed by atoms with Crippen LogP contribution in [0, 0.1) is 0 Å². The minimum atomic E-state index is -0.297. The standard InChI is InChI=1S/C9H17N3O2/c10-8(13)3-4-11-5-7-12-6-1-2-9(12)14/h11H,1-7H2,(H2,10,13). The number of carbonyl (C=O) groups is 2. The fourth-order valence-electron chi connectivity index (χ4n) is 1.49. The first-order valence-electron chi connectivity index (χ1n) is 4.97. The van der Waals surface area contributed by atoms with Crippen LogP contribution in [0.3, 0.4) is 0 Å². The maximum absolute atomic E-state index is 11.2. The number of nitrogens with one attached hydrogen (secondary N) is 1. The van der Waals surface area contributed by atoms with Crippen molar-refractivity contribution in [3.63, 3.8) is 0 Å². The Morgan fingerprint density at radius 3 is 2.86 bits per heavy atom. The molecule has 0 aromatic carbocycles. The minimum absolute atomic E-state index is 0.238. The van der Waals surface area contributed by atoms with Crippen LogP contribution < -0.4 is 11.1 Å². The molecule has 2 amide bonds. The van der Waals surface area contributed by atoms with E-state index in [2.05, 4.69) is 5.32 Å². The van der Waals surface area contributed by atoms with Gasteiger partial charge in [-0.2, -0.15) is 0 Å². The average molecular weight is 199 g/mol. The Morgan fingerprint density at radius 2 is 2.29 bits per heavy atom. The highest BCUT2D eigenvalue weighted by atomic mass is 16.2. The summed E-state index contributed by atoms with van der Waals surface area (Å²) in [5, 5.41) is 3.07. The van der Waals surface area contributed by atoms with Crippen molar-refractivity contribution in [3.05, 3.63) is 0 Å². The molecular weight excluding hydrogens is 182 g/mol. The normalized spacial score (nSPS) is 16.3. The molecule has 0 spiro atoms. The molecule has 0 saturated carbocycles. The zero-order chi connectivity index (χ0) is 10.4. The highest BCUT2D eigenvalue weighted by Gasteiger charge is 2.18. The Labute approximate surface area is 83.6 Å². The van der Waals surface area contributed by atoms with Crippen molar-refractivity contribution in [1.29, 1.82) is 0 Å². The van der Waals surface area contributed by atoms with Gasteiger partial charge in [0.05, 0.1) is 0 Å². The topological polar surface area (TPSA) is 75.4 Å². The molecule has 0 aliphatic carbocycles. The molecule has 1 aliphatic heterocycles. The lowest BCUT2D eigenvalue weighted by atomic mass is 10.4. The van der Waals surface area contributed by atoms with Gasteiger partial charge in [-0.1, -0.05) is 0 Å². The number of likely N-dealkylation sites (tertiary alicyclic amines) is 1. The number of primary amides is 1. The summed E-state index contributed by atoms with van der Waals surface area (Å²) < 4.78 is 0. The first-order chi connectivity index (χ1) is 6.70. The maximum atomic E-state index is 11.2. The Hall–Kier alpha value is -1.10. The summed E-state index contributed by atoms with van der Waals surface area (Å²) in [7, 11) is 0. The van der Waals surface area contributed by atoms with Crippen LogP contribution in [0.15, 0.2) is 0 Å². The van der Waals surface area contributed by atoms with E-state index < -0.39 is 0 Å². The summed E-state index contributed by atoms with van der Waals surface area (Å²) >= 11 is 0. The van der Waals surface area contributed by atoms with Crippen molar-refractivity contribution >= 4 is 11.8 Å². The second-order valence-corrected chi connectivity index (χ2v) is 3.45. The molecule has 5 heteroatoms. The lowest BCUT2D eigenvalue weighted by Gasteiger charge is -2.15. The van der Waals surface area contributed by atoms with Crippen molar-refractivity contribution in [2.45, 2.75) is 19.3 Å². The molecule has 1 heterocycles. The number of hydrogen-bond acceptors (Lipinski definition) is 3. The van der Waals surface area contributed by atoms with Gasteiger partial charge in [0.1, 0.15) is 0 Å². The van der Waals surface area contributed by atoms with Gasteiger partial charge in [-0.15, -0.1) is 0 Å². The molecule has 0 aromatic heterocycles. The van der Waals surface area contributed by atoms with E-state index >= 15 is 0 Å². The zero-order valence-electron chi connectivity index (χ0n) is 8.29. The van der Waals surface area contributed by atoms with Crippen LogP contribution in [0.5, 0.6) is 0 Å². The number of rotatable bonds is 6. The minimum Gasteiger partial charge on any atom is -0.370 e. The SMILES string of the molecule is NC(=O)CCNCCN1CCCC1=O. The van der Waals surface area contributed by atoms with E-state index in [-0.39, 0.29) is 11.8 Å². The lowest BCUT2D eigenvalue weighted by molar-refractivity contribution is -0.127. The van der Waals surface area contributed by atoms with Crippen LogP contribution in [0.25, 0.3) is 0 Å². The van der Waals surface area contributed by atoms with Crippen LogP contribution >= 0.6 is 0 Å². The summed E-state index contributed by atoms with van der Waals surface area (Å²) in [5.74, 6) is -0.0588. The van der Waals surface area contributed by atoms with Gasteiger partial charge in [0.2, 0.25) is 11.8 Å². The van der Waals surface area contributed by atoms with E-state index in [9.17, 15) is 9.59 Å². The summed E-state index contributed by atoms with van der Waals surface area (Å²) in [6, 6.07) is 0. The molecule has 1 rings (SSSR count). The van der Waals surface area contributed by atoms with Crippen LogP contribution in [0.1, 0.15) is 19.3 Å². The Morgan fingerprint density at radius 1 is 1.50 bits per heavy atom. The molecule has 80 valence electrons. The maximum Gasteiger partial charge on any atom is 0.222 e. The second kappa shape index (κ2) is 5.59. The number of carbonyl (C=O) groups excluding carboxylic acids is 2. The molecule has 0 aromatic rings. The number of nitrogens with two attached hydrogens (primary N) is 1. The van der Waals surface area contributed by atoms with Crippen LogP contribution in [-0.4, -0.2) is 42.9 Å². The molecule has 14 heavy (non-hydrogen) atoms.